The first-order chi connectivity index (χ1) is 31.5. The van der Waals surface area contributed by atoms with Crippen LogP contribution in [-0.4, -0.2) is 136 Å². The average molecular weight is 975 g/mol. The van der Waals surface area contributed by atoms with Crippen LogP contribution in [-0.2, 0) is 57.7 Å². The van der Waals surface area contributed by atoms with Crippen molar-refractivity contribution >= 4 is 45.9 Å². The van der Waals surface area contributed by atoms with Crippen LogP contribution in [0.15, 0.2) is 72.3 Å². The second-order valence-electron chi connectivity index (χ2n) is 19.4. The Morgan fingerprint density at radius 3 is 2.09 bits per heavy atom. The lowest BCUT2D eigenvalue weighted by Gasteiger charge is -2.65. The number of ether oxygens (including phenoxy) is 6. The van der Waals surface area contributed by atoms with Crippen LogP contribution in [0, 0.1) is 16.7 Å². The highest BCUT2D eigenvalue weighted by atomic mass is 32.2. The molecule has 374 valence electrons. The maximum atomic E-state index is 14.8. The number of carbonyl (C=O) groups excluding carboxylic acids is 6. The summed E-state index contributed by atoms with van der Waals surface area (Å²) in [5.41, 5.74) is -8.41. The third kappa shape index (κ3) is 11.6. The number of amides is 1. The Hall–Kier alpha value is -5.29. The highest BCUT2D eigenvalue weighted by Gasteiger charge is 2.75. The number of Topliss-reactive ketones (excluding diaryl/α,β-unsaturated/α-hetero) is 1. The topological polar surface area (TPSA) is 297 Å². The van der Waals surface area contributed by atoms with Crippen molar-refractivity contribution in [2.45, 2.75) is 135 Å². The molecule has 2 aromatic rings. The molecule has 11 atom stereocenters. The standard InChI is InChI=1S/C47H62N2O18S/c1-26-21-44(7,8)47(58,39(65-40(55)30-18-14-11-15-19-30)37-45(9,38(54)27(2)50)32(52)20-33-46(37,24-62-33)66-28(3)51)22-31(26)63-41(56)36(64-34(53)23-48-25-68(59,60)61)35(29-16-12-10-13-17-29)49-42(57)67-43(4,5)6/h10-19,21,27,31-33,35-37,39,48,50,52,58H,20,22-25H2,1-9H3,(H,49,57)(H,59,60,61)/t27-,31+,32+,33?,35+,36-,37+,39+,45-,46+,47-/m1/s1. The molecule has 0 spiro atoms. The molecule has 2 fully saturated rings. The van der Waals surface area contributed by atoms with Gasteiger partial charge in [0, 0.05) is 25.2 Å². The third-order valence-corrected chi connectivity index (χ3v) is 13.3. The fourth-order valence-electron chi connectivity index (χ4n) is 9.51. The molecule has 1 saturated heterocycles. The monoisotopic (exact) mass is 974 g/mol. The van der Waals surface area contributed by atoms with Crippen molar-refractivity contribution in [1.29, 1.82) is 0 Å². The van der Waals surface area contributed by atoms with Crippen LogP contribution in [0.4, 0.5) is 4.79 Å². The van der Waals surface area contributed by atoms with Crippen LogP contribution in [0.2, 0.25) is 0 Å². The number of aliphatic hydroxyl groups is 3. The van der Waals surface area contributed by atoms with E-state index in [1.807, 2.05) is 0 Å². The number of fused-ring (bicyclic) bond motifs is 1. The third-order valence-electron chi connectivity index (χ3n) is 12.8. The van der Waals surface area contributed by atoms with Gasteiger partial charge < -0.3 is 49.1 Å². The predicted octanol–water partition coefficient (Wildman–Crippen LogP) is 2.88. The second kappa shape index (κ2) is 20.4. The second-order valence-corrected chi connectivity index (χ2v) is 20.8. The van der Waals surface area contributed by atoms with Gasteiger partial charge in [-0.1, -0.05) is 68.5 Å². The van der Waals surface area contributed by atoms with Gasteiger partial charge in [-0.05, 0) is 64.8 Å². The summed E-state index contributed by atoms with van der Waals surface area (Å²) >= 11 is 0. The number of nitrogens with one attached hydrogen (secondary N) is 2. The summed E-state index contributed by atoms with van der Waals surface area (Å²) in [4.78, 5) is 83.2. The number of benzene rings is 2. The molecule has 0 radical (unpaired) electrons. The summed E-state index contributed by atoms with van der Waals surface area (Å²) < 4.78 is 67.5. The van der Waals surface area contributed by atoms with E-state index in [2.05, 4.69) is 10.6 Å². The molecule has 1 heterocycles. The van der Waals surface area contributed by atoms with Gasteiger partial charge >= 0.3 is 30.0 Å². The first kappa shape index (κ1) is 53.7. The molecule has 21 heteroatoms. The van der Waals surface area contributed by atoms with E-state index >= 15 is 0 Å². The Labute approximate surface area is 394 Å². The average Bonchev–Trinajstić information content (AvgIpc) is 3.23. The summed E-state index contributed by atoms with van der Waals surface area (Å²) in [6, 6.07) is 13.9. The highest BCUT2D eigenvalue weighted by Crippen LogP contribution is 2.61. The van der Waals surface area contributed by atoms with Crippen LogP contribution in [0.3, 0.4) is 0 Å². The van der Waals surface area contributed by atoms with Gasteiger partial charge in [0.2, 0.25) is 6.10 Å². The highest BCUT2D eigenvalue weighted by molar-refractivity contribution is 7.85. The molecule has 1 saturated carbocycles. The van der Waals surface area contributed by atoms with Gasteiger partial charge in [0.05, 0.1) is 36.2 Å². The zero-order chi connectivity index (χ0) is 50.8. The Morgan fingerprint density at radius 1 is 0.956 bits per heavy atom. The van der Waals surface area contributed by atoms with E-state index in [0.717, 1.165) is 6.92 Å². The molecule has 1 aliphatic heterocycles. The lowest BCUT2D eigenvalue weighted by Crippen LogP contribution is -2.80. The van der Waals surface area contributed by atoms with Gasteiger partial charge in [-0.15, -0.1) is 0 Å². The SMILES string of the molecule is CC(=O)O[C@@]12COC1C[C@H](O)[C@@](C)(C(=O)[C@@H](C)O)[C@@H]2[C@H](OC(=O)c1ccccc1)[C@]1(O)C[C@H](OC(=O)[C@H](OC(=O)CNCS(=O)(=O)O)[C@@H](NC(=O)OC(C)(C)C)c2ccccc2)C(C)=CC1(C)C. The molecular formula is C47H62N2O18S. The largest absolute Gasteiger partial charge is 0.455 e. The van der Waals surface area contributed by atoms with Crippen LogP contribution in [0.1, 0.15) is 97.1 Å². The maximum absolute atomic E-state index is 14.8. The van der Waals surface area contributed by atoms with Gasteiger partial charge in [0.15, 0.2) is 11.4 Å². The van der Waals surface area contributed by atoms with Crippen molar-refractivity contribution in [3.8, 4) is 0 Å². The van der Waals surface area contributed by atoms with Crippen LogP contribution >= 0.6 is 0 Å². The number of ketones is 1. The van der Waals surface area contributed by atoms with Crippen molar-refractivity contribution < 1.29 is 85.5 Å². The van der Waals surface area contributed by atoms with Crippen molar-refractivity contribution in [1.82, 2.24) is 10.6 Å². The van der Waals surface area contributed by atoms with E-state index < -0.39 is 141 Å². The summed E-state index contributed by atoms with van der Waals surface area (Å²) in [5.74, 6) is -8.02. The van der Waals surface area contributed by atoms with Crippen molar-refractivity contribution in [2.24, 2.45) is 16.7 Å². The molecule has 6 N–H and O–H groups in total. The quantitative estimate of drug-likeness (QED) is 0.0575. The molecule has 0 bridgehead atoms. The molecular weight excluding hydrogens is 913 g/mol. The van der Waals surface area contributed by atoms with Crippen LogP contribution < -0.4 is 10.6 Å². The number of carbonyl (C=O) groups is 6. The number of aliphatic hydroxyl groups excluding tert-OH is 2. The Balaban J connectivity index is 1.66. The van der Waals surface area contributed by atoms with Gasteiger partial charge in [0.25, 0.3) is 10.1 Å². The smallest absolute Gasteiger partial charge is 0.408 e. The van der Waals surface area contributed by atoms with E-state index in [-0.39, 0.29) is 24.2 Å². The minimum Gasteiger partial charge on any atom is -0.455 e. The lowest BCUT2D eigenvalue weighted by atomic mass is 9.48. The first-order valence-electron chi connectivity index (χ1n) is 22.0. The van der Waals surface area contributed by atoms with E-state index in [1.54, 1.807) is 77.9 Å². The molecule has 3 aliphatic rings. The van der Waals surface area contributed by atoms with Gasteiger partial charge in [-0.2, -0.15) is 8.42 Å². The lowest BCUT2D eigenvalue weighted by molar-refractivity contribution is -0.343. The summed E-state index contributed by atoms with van der Waals surface area (Å²) in [6.45, 7) is 11.9. The molecule has 5 rings (SSSR count). The molecule has 1 amide bonds. The van der Waals surface area contributed by atoms with Crippen LogP contribution in [0.25, 0.3) is 0 Å². The maximum Gasteiger partial charge on any atom is 0.408 e. The first-order valence-corrected chi connectivity index (χ1v) is 23.6. The molecule has 1 unspecified atom stereocenters. The van der Waals surface area contributed by atoms with Crippen molar-refractivity contribution in [2.75, 3.05) is 19.0 Å². The van der Waals surface area contributed by atoms with E-state index in [4.69, 9.17) is 28.4 Å². The van der Waals surface area contributed by atoms with E-state index in [1.165, 1.54) is 44.2 Å². The Kier molecular flexibility index (Phi) is 16.1. The Morgan fingerprint density at radius 2 is 1.56 bits per heavy atom. The number of rotatable bonds is 17. The van der Waals surface area contributed by atoms with Gasteiger partial charge in [-0.25, -0.2) is 14.4 Å². The molecule has 20 nitrogen and oxygen atoms in total. The normalized spacial score (nSPS) is 28.3. The number of esters is 4. The zero-order valence-corrected chi connectivity index (χ0v) is 40.2. The predicted molar refractivity (Wildman–Crippen MR) is 239 cm³/mol. The Bertz CT molecular complexity index is 2350. The number of hydrogen-bond acceptors (Lipinski definition) is 18. The van der Waals surface area contributed by atoms with Crippen LogP contribution in [0.5, 0.6) is 0 Å². The summed E-state index contributed by atoms with van der Waals surface area (Å²) in [5, 5.41) is 41.2. The minimum absolute atomic E-state index is 0.00690. The fraction of sp³-hybridized carbons (Fsp3) is 0.574. The summed E-state index contributed by atoms with van der Waals surface area (Å²) in [6.07, 6.45) is -10.3. The minimum atomic E-state index is -4.60. The molecule has 2 aliphatic carbocycles. The molecule has 68 heavy (non-hydrogen) atoms. The zero-order valence-electron chi connectivity index (χ0n) is 39.4. The summed E-state index contributed by atoms with van der Waals surface area (Å²) in [7, 11) is -4.60. The van der Waals surface area contributed by atoms with E-state index in [9.17, 15) is 57.1 Å². The van der Waals surface area contributed by atoms with Crippen molar-refractivity contribution in [3.05, 3.63) is 83.4 Å². The van der Waals surface area contributed by atoms with Crippen molar-refractivity contribution in [3.63, 3.8) is 0 Å². The van der Waals surface area contributed by atoms with Gasteiger partial charge in [0.1, 0.15) is 47.5 Å². The molecule has 0 aromatic heterocycles. The number of hydrogen-bond donors (Lipinski definition) is 6. The van der Waals surface area contributed by atoms with Gasteiger partial charge in [-0.3, -0.25) is 24.3 Å². The molecule has 2 aromatic carbocycles. The fourth-order valence-corrected chi connectivity index (χ4v) is 9.87. The van der Waals surface area contributed by atoms with E-state index in [0.29, 0.717) is 5.57 Å². The number of alkyl carbamates (subject to hydrolysis) is 1.